The number of nitrogens with one attached hydrogen (secondary N) is 2. The first-order chi connectivity index (χ1) is 9.90. The summed E-state index contributed by atoms with van der Waals surface area (Å²) in [5.41, 5.74) is 0. The molecule has 0 saturated heterocycles. The molecule has 0 heterocycles. The molecule has 1 rings (SSSR count). The molecular formula is C14H24N2O4S. The van der Waals surface area contributed by atoms with Crippen molar-refractivity contribution in [3.05, 3.63) is 0 Å². The molecule has 0 bridgehead atoms. The Kier molecular flexibility index (Phi) is 7.56. The first-order valence-electron chi connectivity index (χ1n) is 7.25. The summed E-state index contributed by atoms with van der Waals surface area (Å²) >= 11 is 1.81. The Morgan fingerprint density at radius 3 is 2.62 bits per heavy atom. The van der Waals surface area contributed by atoms with Gasteiger partial charge in [0.2, 0.25) is 5.91 Å². The average Bonchev–Trinajstić information content (AvgIpc) is 2.37. The number of hydrogen-bond donors (Lipinski definition) is 3. The third-order valence-corrected chi connectivity index (χ3v) is 4.70. The molecule has 3 atom stereocenters. The van der Waals surface area contributed by atoms with Gasteiger partial charge in [-0.25, -0.2) is 4.79 Å². The van der Waals surface area contributed by atoms with E-state index in [1.54, 1.807) is 6.92 Å². The van der Waals surface area contributed by atoms with E-state index < -0.39 is 17.9 Å². The van der Waals surface area contributed by atoms with Crippen LogP contribution in [0.2, 0.25) is 0 Å². The monoisotopic (exact) mass is 316 g/mol. The zero-order valence-corrected chi connectivity index (χ0v) is 13.4. The maximum absolute atomic E-state index is 11.8. The Morgan fingerprint density at radius 1 is 1.29 bits per heavy atom. The van der Waals surface area contributed by atoms with Gasteiger partial charge >= 0.3 is 12.0 Å². The predicted molar refractivity (Wildman–Crippen MR) is 82.3 cm³/mol. The minimum absolute atomic E-state index is 0.0395. The Hall–Kier alpha value is -1.24. The van der Waals surface area contributed by atoms with E-state index in [0.29, 0.717) is 5.25 Å². The highest BCUT2D eigenvalue weighted by Gasteiger charge is 2.23. The molecule has 3 amide bonds. The normalized spacial score (nSPS) is 23.1. The standard InChI is InChI=1S/C14H24N2O4S/c1-9(7-13(18)19)6-12(17)16-14(20)15-10-4-3-5-11(8-10)21-2/h9-11H,3-8H2,1-2H3,(H,18,19)(H2,15,16,17,20). The average molecular weight is 316 g/mol. The van der Waals surface area contributed by atoms with Crippen LogP contribution in [0.3, 0.4) is 0 Å². The Labute approximate surface area is 129 Å². The van der Waals surface area contributed by atoms with Gasteiger partial charge in [-0.2, -0.15) is 11.8 Å². The van der Waals surface area contributed by atoms with Gasteiger partial charge in [0.1, 0.15) is 0 Å². The summed E-state index contributed by atoms with van der Waals surface area (Å²) in [6.07, 6.45) is 6.16. The summed E-state index contributed by atoms with van der Waals surface area (Å²) in [5, 5.41) is 14.3. The van der Waals surface area contributed by atoms with E-state index in [0.717, 1.165) is 19.3 Å². The summed E-state index contributed by atoms with van der Waals surface area (Å²) < 4.78 is 0. The number of imide groups is 1. The quantitative estimate of drug-likeness (QED) is 0.696. The number of carboxylic acids is 1. The highest BCUT2D eigenvalue weighted by Crippen LogP contribution is 2.26. The number of hydrogen-bond acceptors (Lipinski definition) is 4. The lowest BCUT2D eigenvalue weighted by molar-refractivity contribution is -0.138. The molecule has 3 N–H and O–H groups in total. The molecule has 0 radical (unpaired) electrons. The number of carbonyl (C=O) groups excluding carboxylic acids is 2. The van der Waals surface area contributed by atoms with Gasteiger partial charge in [-0.1, -0.05) is 13.3 Å². The second-order valence-corrected chi connectivity index (χ2v) is 6.79. The number of thioether (sulfide) groups is 1. The fraction of sp³-hybridized carbons (Fsp3) is 0.786. The van der Waals surface area contributed by atoms with Crippen molar-refractivity contribution < 1.29 is 19.5 Å². The van der Waals surface area contributed by atoms with E-state index in [4.69, 9.17) is 5.11 Å². The van der Waals surface area contributed by atoms with Gasteiger partial charge in [0.15, 0.2) is 0 Å². The molecule has 0 aromatic carbocycles. The van der Waals surface area contributed by atoms with Crippen LogP contribution in [-0.4, -0.2) is 40.6 Å². The summed E-state index contributed by atoms with van der Waals surface area (Å²) in [6, 6.07) is -0.366. The number of urea groups is 1. The summed E-state index contributed by atoms with van der Waals surface area (Å²) in [6.45, 7) is 1.68. The van der Waals surface area contributed by atoms with Crippen molar-refractivity contribution in [2.45, 2.75) is 56.7 Å². The van der Waals surface area contributed by atoms with Crippen LogP contribution < -0.4 is 10.6 Å². The molecule has 0 aromatic rings. The Balaban J connectivity index is 2.29. The van der Waals surface area contributed by atoms with Crippen LogP contribution >= 0.6 is 11.8 Å². The first-order valence-corrected chi connectivity index (χ1v) is 8.54. The van der Waals surface area contributed by atoms with Crippen LogP contribution in [0, 0.1) is 5.92 Å². The first kappa shape index (κ1) is 17.8. The SMILES string of the molecule is CSC1CCCC(NC(=O)NC(=O)CC(C)CC(=O)O)C1. The number of aliphatic carboxylic acids is 1. The van der Waals surface area contributed by atoms with Crippen LogP contribution in [0.15, 0.2) is 0 Å². The molecule has 21 heavy (non-hydrogen) atoms. The van der Waals surface area contributed by atoms with Crippen molar-refractivity contribution in [3.8, 4) is 0 Å². The molecule has 1 saturated carbocycles. The lowest BCUT2D eigenvalue weighted by Gasteiger charge is -2.28. The maximum Gasteiger partial charge on any atom is 0.321 e. The minimum Gasteiger partial charge on any atom is -0.481 e. The second-order valence-electron chi connectivity index (χ2n) is 5.65. The highest BCUT2D eigenvalue weighted by atomic mass is 32.2. The molecule has 6 nitrogen and oxygen atoms in total. The maximum atomic E-state index is 11.8. The van der Waals surface area contributed by atoms with Crippen LogP contribution in [0.1, 0.15) is 45.4 Å². The molecule has 7 heteroatoms. The van der Waals surface area contributed by atoms with E-state index in [-0.39, 0.29) is 24.8 Å². The van der Waals surface area contributed by atoms with Gasteiger partial charge in [-0.3, -0.25) is 14.9 Å². The smallest absolute Gasteiger partial charge is 0.321 e. The van der Waals surface area contributed by atoms with E-state index in [9.17, 15) is 14.4 Å². The van der Waals surface area contributed by atoms with Crippen molar-refractivity contribution in [2.24, 2.45) is 5.92 Å². The fourth-order valence-electron chi connectivity index (χ4n) is 2.58. The summed E-state index contributed by atoms with van der Waals surface area (Å²) in [5.74, 6) is -1.66. The third kappa shape index (κ3) is 7.36. The van der Waals surface area contributed by atoms with Crippen molar-refractivity contribution in [3.63, 3.8) is 0 Å². The zero-order chi connectivity index (χ0) is 15.8. The number of rotatable bonds is 6. The Bertz CT molecular complexity index is 389. The van der Waals surface area contributed by atoms with Gasteiger partial charge in [0.05, 0.1) is 0 Å². The molecule has 1 aliphatic carbocycles. The van der Waals surface area contributed by atoms with Crippen LogP contribution in [0.4, 0.5) is 4.79 Å². The molecule has 120 valence electrons. The van der Waals surface area contributed by atoms with Gasteiger partial charge in [-0.15, -0.1) is 0 Å². The van der Waals surface area contributed by atoms with Gasteiger partial charge < -0.3 is 10.4 Å². The molecule has 1 aliphatic rings. The predicted octanol–water partition coefficient (Wildman–Crippen LogP) is 1.99. The van der Waals surface area contributed by atoms with Crippen LogP contribution in [-0.2, 0) is 9.59 Å². The molecule has 3 unspecified atom stereocenters. The second kappa shape index (κ2) is 8.92. The molecule has 0 spiro atoms. The number of amides is 3. The van der Waals surface area contributed by atoms with Gasteiger partial charge in [-0.05, 0) is 31.4 Å². The van der Waals surface area contributed by atoms with E-state index in [1.165, 1.54) is 6.42 Å². The lowest BCUT2D eigenvalue weighted by atomic mass is 9.95. The van der Waals surface area contributed by atoms with Gasteiger partial charge in [0, 0.05) is 24.1 Å². The Morgan fingerprint density at radius 2 is 2.00 bits per heavy atom. The van der Waals surface area contributed by atoms with Crippen molar-refractivity contribution in [1.82, 2.24) is 10.6 Å². The zero-order valence-electron chi connectivity index (χ0n) is 12.6. The molecule has 0 aliphatic heterocycles. The minimum atomic E-state index is -0.940. The van der Waals surface area contributed by atoms with Crippen LogP contribution in [0.5, 0.6) is 0 Å². The third-order valence-electron chi connectivity index (χ3n) is 3.60. The summed E-state index contributed by atoms with van der Waals surface area (Å²) in [7, 11) is 0. The molecule has 1 fully saturated rings. The summed E-state index contributed by atoms with van der Waals surface area (Å²) in [4.78, 5) is 33.9. The fourth-order valence-corrected chi connectivity index (χ4v) is 3.40. The van der Waals surface area contributed by atoms with Crippen LogP contribution in [0.25, 0.3) is 0 Å². The molecular weight excluding hydrogens is 292 g/mol. The molecule has 0 aromatic heterocycles. The topological polar surface area (TPSA) is 95.5 Å². The van der Waals surface area contributed by atoms with Crippen molar-refractivity contribution >= 4 is 29.7 Å². The number of carboxylic acid groups (broad SMARTS) is 1. The van der Waals surface area contributed by atoms with Gasteiger partial charge in [0.25, 0.3) is 0 Å². The number of carbonyl (C=O) groups is 3. The van der Waals surface area contributed by atoms with E-state index in [2.05, 4.69) is 16.9 Å². The largest absolute Gasteiger partial charge is 0.481 e. The highest BCUT2D eigenvalue weighted by molar-refractivity contribution is 7.99. The van der Waals surface area contributed by atoms with Crippen molar-refractivity contribution in [2.75, 3.05) is 6.26 Å². The van der Waals surface area contributed by atoms with E-state index in [1.807, 2.05) is 11.8 Å². The van der Waals surface area contributed by atoms with E-state index >= 15 is 0 Å². The lowest BCUT2D eigenvalue weighted by Crippen LogP contribution is -2.46. The van der Waals surface area contributed by atoms with Crippen molar-refractivity contribution in [1.29, 1.82) is 0 Å².